The van der Waals surface area contributed by atoms with Crippen LogP contribution in [0.5, 0.6) is 0 Å². The maximum Gasteiger partial charge on any atom is 0.270 e. The number of hydrogen-bond donors (Lipinski definition) is 0. The first-order valence-corrected chi connectivity index (χ1v) is 9.14. The van der Waals surface area contributed by atoms with E-state index in [0.717, 1.165) is 43.9 Å². The summed E-state index contributed by atoms with van der Waals surface area (Å²) in [7, 11) is 1.88. The molecule has 0 saturated carbocycles. The lowest BCUT2D eigenvalue weighted by Crippen LogP contribution is -2.31. The topological polar surface area (TPSA) is 41.4 Å². The molecule has 3 heterocycles. The average molecular weight is 340 g/mol. The molecule has 2 aromatic heterocycles. The molecule has 5 heteroatoms. The first kappa shape index (κ1) is 17.7. The molecule has 0 aromatic carbocycles. The number of amides is 1. The van der Waals surface area contributed by atoms with Gasteiger partial charge in [0.1, 0.15) is 5.69 Å². The number of aromatic nitrogens is 2. The molecule has 0 radical (unpaired) electrons. The molecule has 0 N–H and O–H groups in total. The predicted molar refractivity (Wildman–Crippen MR) is 99.5 cm³/mol. The third-order valence-electron chi connectivity index (χ3n) is 4.99. The molecule has 0 unspecified atom stereocenters. The summed E-state index contributed by atoms with van der Waals surface area (Å²) in [6.07, 6.45) is 3.65. The lowest BCUT2D eigenvalue weighted by atomic mass is 10.2. The van der Waals surface area contributed by atoms with Gasteiger partial charge in [-0.25, -0.2) is 0 Å². The molecule has 1 aliphatic heterocycles. The highest BCUT2D eigenvalue weighted by molar-refractivity contribution is 5.92. The van der Waals surface area contributed by atoms with E-state index in [9.17, 15) is 4.79 Å². The van der Waals surface area contributed by atoms with Crippen LogP contribution in [0.15, 0.2) is 36.5 Å². The normalized spacial score (nSPS) is 15.0. The Morgan fingerprint density at radius 1 is 1.24 bits per heavy atom. The summed E-state index contributed by atoms with van der Waals surface area (Å²) in [6.45, 7) is 8.06. The van der Waals surface area contributed by atoms with Gasteiger partial charge >= 0.3 is 0 Å². The average Bonchev–Trinajstić information content (AvgIpc) is 2.89. The third-order valence-corrected chi connectivity index (χ3v) is 4.99. The van der Waals surface area contributed by atoms with Crippen LogP contribution >= 0.6 is 0 Å². The van der Waals surface area contributed by atoms with Crippen LogP contribution < -0.4 is 0 Å². The summed E-state index contributed by atoms with van der Waals surface area (Å²) in [4.78, 5) is 21.5. The summed E-state index contributed by atoms with van der Waals surface area (Å²) in [5, 5.41) is 0. The summed E-state index contributed by atoms with van der Waals surface area (Å²) < 4.78 is 2.21. The van der Waals surface area contributed by atoms with Gasteiger partial charge in [0.15, 0.2) is 0 Å². The maximum absolute atomic E-state index is 12.9. The minimum absolute atomic E-state index is 0.0974. The van der Waals surface area contributed by atoms with Crippen molar-refractivity contribution in [3.05, 3.63) is 53.6 Å². The Hall–Kier alpha value is -2.14. The number of likely N-dealkylation sites (N-methyl/N-ethyl adjacent to an activating group) is 1. The van der Waals surface area contributed by atoms with Crippen molar-refractivity contribution in [2.75, 3.05) is 20.1 Å². The Kier molecular flexibility index (Phi) is 5.53. The van der Waals surface area contributed by atoms with Gasteiger partial charge in [-0.15, -0.1) is 0 Å². The molecule has 0 bridgehead atoms. The van der Waals surface area contributed by atoms with E-state index in [-0.39, 0.29) is 5.91 Å². The highest BCUT2D eigenvalue weighted by Gasteiger charge is 2.22. The zero-order valence-corrected chi connectivity index (χ0v) is 15.5. The second-order valence-electron chi connectivity index (χ2n) is 7.08. The summed E-state index contributed by atoms with van der Waals surface area (Å²) in [5.74, 6) is 0.0974. The van der Waals surface area contributed by atoms with Gasteiger partial charge in [0.2, 0.25) is 0 Å². The fourth-order valence-electron chi connectivity index (χ4n) is 3.38. The number of carbonyl (C=O) groups excluding carboxylic acids is 1. The molecule has 1 aliphatic rings. The Morgan fingerprint density at radius 2 is 2.08 bits per heavy atom. The molecular formula is C20H28N4O. The molecule has 25 heavy (non-hydrogen) atoms. The van der Waals surface area contributed by atoms with Gasteiger partial charge in [-0.2, -0.15) is 0 Å². The van der Waals surface area contributed by atoms with Crippen molar-refractivity contribution in [2.45, 2.75) is 45.8 Å². The molecule has 1 amide bonds. The Bertz CT molecular complexity index is 708. The molecule has 2 aromatic rings. The third kappa shape index (κ3) is 4.10. The van der Waals surface area contributed by atoms with Crippen LogP contribution in [0, 0.1) is 0 Å². The Labute approximate surface area is 150 Å². The lowest BCUT2D eigenvalue weighted by Gasteiger charge is -2.23. The molecule has 3 rings (SSSR count). The lowest BCUT2D eigenvalue weighted by molar-refractivity contribution is 0.0785. The van der Waals surface area contributed by atoms with Crippen LogP contribution in [0.2, 0.25) is 0 Å². The number of nitrogens with zero attached hydrogens (tertiary/aromatic N) is 4. The first-order valence-electron chi connectivity index (χ1n) is 9.14. The van der Waals surface area contributed by atoms with Crippen LogP contribution in [0.25, 0.3) is 0 Å². The summed E-state index contributed by atoms with van der Waals surface area (Å²) in [5.41, 5.74) is 3.07. The summed E-state index contributed by atoms with van der Waals surface area (Å²) >= 11 is 0. The minimum atomic E-state index is 0.0974. The Balaban J connectivity index is 1.68. The predicted octanol–water partition coefficient (Wildman–Crippen LogP) is 2.81. The van der Waals surface area contributed by atoms with E-state index in [0.29, 0.717) is 12.6 Å². The highest BCUT2D eigenvalue weighted by Crippen LogP contribution is 2.19. The van der Waals surface area contributed by atoms with Crippen molar-refractivity contribution in [2.24, 2.45) is 0 Å². The highest BCUT2D eigenvalue weighted by atomic mass is 16.2. The van der Waals surface area contributed by atoms with Gasteiger partial charge in [-0.05, 0) is 44.5 Å². The molecular weight excluding hydrogens is 312 g/mol. The standard InChI is InChI=1S/C20H28N4O/c1-16(2)23-12-6-13-24-18(15-23)8-9-19(24)20(25)22(3)14-10-17-7-4-5-11-21-17/h4-5,7-9,11,16H,6,10,12-15H2,1-3H3. The van der Waals surface area contributed by atoms with Crippen LogP contribution in [-0.2, 0) is 19.5 Å². The number of fused-ring (bicyclic) bond motifs is 1. The molecule has 134 valence electrons. The van der Waals surface area contributed by atoms with Crippen LogP contribution in [0.3, 0.4) is 0 Å². The van der Waals surface area contributed by atoms with E-state index in [1.54, 1.807) is 6.20 Å². The van der Waals surface area contributed by atoms with E-state index in [4.69, 9.17) is 0 Å². The van der Waals surface area contributed by atoms with Crippen molar-refractivity contribution in [3.8, 4) is 0 Å². The van der Waals surface area contributed by atoms with E-state index >= 15 is 0 Å². The SMILES string of the molecule is CC(C)N1CCCn2c(ccc2C(=O)N(C)CCc2ccccn2)C1. The summed E-state index contributed by atoms with van der Waals surface area (Å²) in [6, 6.07) is 10.5. The van der Waals surface area contributed by atoms with Gasteiger partial charge in [-0.1, -0.05) is 6.07 Å². The quantitative estimate of drug-likeness (QED) is 0.840. The minimum Gasteiger partial charge on any atom is -0.340 e. The molecule has 0 saturated heterocycles. The number of rotatable bonds is 5. The number of pyridine rings is 1. The van der Waals surface area contributed by atoms with E-state index in [1.807, 2.05) is 36.2 Å². The van der Waals surface area contributed by atoms with E-state index in [1.165, 1.54) is 5.69 Å². The van der Waals surface area contributed by atoms with Gasteiger partial charge in [0.25, 0.3) is 5.91 Å². The smallest absolute Gasteiger partial charge is 0.270 e. The Morgan fingerprint density at radius 3 is 2.80 bits per heavy atom. The van der Waals surface area contributed by atoms with Gasteiger partial charge in [0, 0.05) is 63.3 Å². The van der Waals surface area contributed by atoms with Crippen molar-refractivity contribution >= 4 is 5.91 Å². The van der Waals surface area contributed by atoms with Gasteiger partial charge < -0.3 is 9.47 Å². The van der Waals surface area contributed by atoms with Crippen molar-refractivity contribution in [1.82, 2.24) is 19.4 Å². The number of hydrogen-bond acceptors (Lipinski definition) is 3. The number of carbonyl (C=O) groups is 1. The molecule has 0 aliphatic carbocycles. The van der Waals surface area contributed by atoms with Gasteiger partial charge in [-0.3, -0.25) is 14.7 Å². The van der Waals surface area contributed by atoms with Crippen molar-refractivity contribution in [3.63, 3.8) is 0 Å². The van der Waals surface area contributed by atoms with Crippen molar-refractivity contribution in [1.29, 1.82) is 0 Å². The van der Waals surface area contributed by atoms with E-state index < -0.39 is 0 Å². The second kappa shape index (κ2) is 7.83. The van der Waals surface area contributed by atoms with Crippen LogP contribution in [-0.4, -0.2) is 51.4 Å². The first-order chi connectivity index (χ1) is 12.1. The largest absolute Gasteiger partial charge is 0.340 e. The second-order valence-corrected chi connectivity index (χ2v) is 7.08. The fourth-order valence-corrected chi connectivity index (χ4v) is 3.38. The molecule has 0 spiro atoms. The molecule has 0 fully saturated rings. The maximum atomic E-state index is 12.9. The fraction of sp³-hybridized carbons (Fsp3) is 0.500. The zero-order chi connectivity index (χ0) is 17.8. The molecule has 0 atom stereocenters. The van der Waals surface area contributed by atoms with Crippen LogP contribution in [0.1, 0.15) is 42.1 Å². The monoisotopic (exact) mass is 340 g/mol. The van der Waals surface area contributed by atoms with Gasteiger partial charge in [0.05, 0.1) is 0 Å². The zero-order valence-electron chi connectivity index (χ0n) is 15.5. The van der Waals surface area contributed by atoms with Crippen molar-refractivity contribution < 1.29 is 4.79 Å². The van der Waals surface area contributed by atoms with Crippen LogP contribution in [0.4, 0.5) is 0 Å². The molecule has 5 nitrogen and oxygen atoms in total. The van der Waals surface area contributed by atoms with E-state index in [2.05, 4.69) is 34.4 Å².